The largest absolute Gasteiger partial charge is 0.492 e. The zero-order valence-electron chi connectivity index (χ0n) is 19.5. The van der Waals surface area contributed by atoms with Crippen LogP contribution in [0.5, 0.6) is 11.5 Å². The Kier molecular flexibility index (Phi) is 5.36. The zero-order chi connectivity index (χ0) is 25.0. The Morgan fingerprint density at radius 2 is 1.37 bits per heavy atom. The summed E-state index contributed by atoms with van der Waals surface area (Å²) < 4.78 is 21.0. The van der Waals surface area contributed by atoms with E-state index in [4.69, 9.17) is 29.9 Å². The molecule has 0 amide bonds. The molecular formula is C24H23ClN4O6. The number of rotatable bonds is 2. The number of fused-ring (bicyclic) bond motifs is 2. The molecule has 2 N–H and O–H groups in total. The van der Waals surface area contributed by atoms with Gasteiger partial charge in [0.2, 0.25) is 11.8 Å². The highest BCUT2D eigenvalue weighted by Crippen LogP contribution is 2.45. The molecule has 0 aliphatic carbocycles. The first-order valence-corrected chi connectivity index (χ1v) is 11.3. The van der Waals surface area contributed by atoms with Crippen molar-refractivity contribution in [2.45, 2.75) is 38.5 Å². The summed E-state index contributed by atoms with van der Waals surface area (Å²) in [7, 11) is 0. The molecule has 4 heterocycles. The van der Waals surface area contributed by atoms with Gasteiger partial charge in [-0.1, -0.05) is 39.3 Å². The Labute approximate surface area is 204 Å². The summed E-state index contributed by atoms with van der Waals surface area (Å²) in [4.78, 5) is 21.9. The molecule has 6 rings (SSSR count). The Bertz CT molecular complexity index is 1530. The molecule has 2 aliphatic rings. The van der Waals surface area contributed by atoms with Crippen LogP contribution in [0.2, 0.25) is 5.02 Å². The van der Waals surface area contributed by atoms with E-state index in [1.807, 2.05) is 24.3 Å². The number of benzene rings is 2. The van der Waals surface area contributed by atoms with Crippen LogP contribution in [0.25, 0.3) is 22.9 Å². The van der Waals surface area contributed by atoms with Crippen molar-refractivity contribution in [1.29, 1.82) is 0 Å². The predicted octanol–water partition coefficient (Wildman–Crippen LogP) is 4.05. The highest BCUT2D eigenvalue weighted by Gasteiger charge is 2.34. The monoisotopic (exact) mass is 498 g/mol. The van der Waals surface area contributed by atoms with E-state index in [0.717, 1.165) is 22.4 Å². The third kappa shape index (κ3) is 4.25. The first-order valence-electron chi connectivity index (χ1n) is 10.9. The lowest BCUT2D eigenvalue weighted by Crippen LogP contribution is -2.18. The molecule has 10 nitrogen and oxygen atoms in total. The summed E-state index contributed by atoms with van der Waals surface area (Å²) in [6.07, 6.45) is 0. The lowest BCUT2D eigenvalue weighted by molar-refractivity contribution is 0.291. The maximum absolute atomic E-state index is 11.0. The first-order chi connectivity index (χ1) is 16.5. The van der Waals surface area contributed by atoms with Crippen molar-refractivity contribution in [3.05, 3.63) is 67.6 Å². The van der Waals surface area contributed by atoms with Crippen LogP contribution in [0.1, 0.15) is 38.8 Å². The minimum absolute atomic E-state index is 0.0258. The average molecular weight is 499 g/mol. The van der Waals surface area contributed by atoms with E-state index in [1.54, 1.807) is 6.07 Å². The second kappa shape index (κ2) is 8.16. The van der Waals surface area contributed by atoms with E-state index in [2.05, 4.69) is 48.1 Å². The highest BCUT2D eigenvalue weighted by molar-refractivity contribution is 6.32. The van der Waals surface area contributed by atoms with Crippen LogP contribution in [-0.4, -0.2) is 33.6 Å². The molecule has 0 radical (unpaired) electrons. The molecular weight excluding hydrogens is 476 g/mol. The summed E-state index contributed by atoms with van der Waals surface area (Å²) in [5.41, 5.74) is 3.40. The third-order valence-corrected chi connectivity index (χ3v) is 6.30. The topological polar surface area (TPSA) is 136 Å². The van der Waals surface area contributed by atoms with E-state index >= 15 is 0 Å². The molecule has 2 aliphatic heterocycles. The second-order valence-corrected chi connectivity index (χ2v) is 10.1. The number of halogens is 1. The number of hydrogen-bond acceptors (Lipinski definition) is 8. The van der Waals surface area contributed by atoms with Gasteiger partial charge in [-0.25, -0.2) is 19.8 Å². The lowest BCUT2D eigenvalue weighted by Gasteiger charge is -2.15. The summed E-state index contributed by atoms with van der Waals surface area (Å²) >= 11 is 6.18. The van der Waals surface area contributed by atoms with Crippen molar-refractivity contribution in [3.8, 4) is 34.4 Å². The van der Waals surface area contributed by atoms with Crippen LogP contribution < -0.4 is 21.0 Å². The molecule has 4 aromatic rings. The van der Waals surface area contributed by atoms with E-state index in [1.165, 1.54) is 0 Å². The molecule has 0 bridgehead atoms. The molecule has 0 atom stereocenters. The van der Waals surface area contributed by atoms with Gasteiger partial charge in [-0.2, -0.15) is 0 Å². The van der Waals surface area contributed by atoms with Crippen molar-refractivity contribution < 1.29 is 18.3 Å². The molecule has 0 saturated carbocycles. The predicted molar refractivity (Wildman–Crippen MR) is 127 cm³/mol. The van der Waals surface area contributed by atoms with Gasteiger partial charge < -0.3 is 18.3 Å². The van der Waals surface area contributed by atoms with E-state index in [0.29, 0.717) is 35.4 Å². The Balaban J connectivity index is 0.000000145. The fourth-order valence-corrected chi connectivity index (χ4v) is 4.33. The van der Waals surface area contributed by atoms with Crippen molar-refractivity contribution in [1.82, 2.24) is 20.4 Å². The first kappa shape index (κ1) is 23.0. The van der Waals surface area contributed by atoms with Gasteiger partial charge in [0.1, 0.15) is 11.5 Å². The fraction of sp³-hybridized carbons (Fsp3) is 0.333. The van der Waals surface area contributed by atoms with E-state index in [9.17, 15) is 9.59 Å². The average Bonchev–Trinajstić information content (AvgIpc) is 3.57. The molecule has 182 valence electrons. The van der Waals surface area contributed by atoms with Crippen molar-refractivity contribution in [3.63, 3.8) is 0 Å². The summed E-state index contributed by atoms with van der Waals surface area (Å²) in [6, 6.07) is 9.25. The standard InChI is InChI=1S/C12H11ClN2O3.C12H12N2O3/c1-12(2)5-17-9-7(12)3-6(4-8(9)13)10-14-15-11(16)18-10;1-12(2)6-16-9-4-3-7(5-8(9)12)10-13-14-11(15)17-10/h3-4H,5H2,1-2H3,(H,15,16);3-5H,6H2,1-2H3,(H,14,15). The molecule has 0 saturated heterocycles. The quantitative estimate of drug-likeness (QED) is 0.422. The van der Waals surface area contributed by atoms with Gasteiger partial charge in [0.15, 0.2) is 0 Å². The van der Waals surface area contributed by atoms with Crippen LogP contribution >= 0.6 is 11.6 Å². The Morgan fingerprint density at radius 3 is 2.00 bits per heavy atom. The molecule has 0 fully saturated rings. The number of nitrogens with one attached hydrogen (secondary N) is 2. The normalized spacial score (nSPS) is 16.5. The van der Waals surface area contributed by atoms with Gasteiger partial charge in [-0.3, -0.25) is 0 Å². The van der Waals surface area contributed by atoms with Crippen LogP contribution in [0.4, 0.5) is 0 Å². The minimum atomic E-state index is -0.586. The molecule has 11 heteroatoms. The number of ether oxygens (including phenoxy) is 2. The van der Waals surface area contributed by atoms with E-state index < -0.39 is 11.5 Å². The van der Waals surface area contributed by atoms with Gasteiger partial charge in [-0.15, -0.1) is 10.2 Å². The van der Waals surface area contributed by atoms with Crippen LogP contribution in [-0.2, 0) is 10.8 Å². The number of nitrogens with zero attached hydrogens (tertiary/aromatic N) is 2. The summed E-state index contributed by atoms with van der Waals surface area (Å²) in [5.74, 6) is 0.987. The Hall–Kier alpha value is -3.79. The zero-order valence-corrected chi connectivity index (χ0v) is 20.3. The van der Waals surface area contributed by atoms with Crippen LogP contribution in [0.15, 0.2) is 48.8 Å². The molecule has 0 spiro atoms. The smallest absolute Gasteiger partial charge is 0.434 e. The summed E-state index contributed by atoms with van der Waals surface area (Å²) in [6.45, 7) is 9.61. The van der Waals surface area contributed by atoms with Gasteiger partial charge in [0.05, 0.1) is 18.2 Å². The molecule has 35 heavy (non-hydrogen) atoms. The number of hydrogen-bond donors (Lipinski definition) is 2. The molecule has 2 aromatic heterocycles. The summed E-state index contributed by atoms with van der Waals surface area (Å²) in [5, 5.41) is 12.6. The fourth-order valence-electron chi connectivity index (χ4n) is 4.06. The highest BCUT2D eigenvalue weighted by atomic mass is 35.5. The third-order valence-electron chi connectivity index (χ3n) is 6.02. The minimum Gasteiger partial charge on any atom is -0.492 e. The number of H-pyrrole nitrogens is 2. The molecule has 0 unspecified atom stereocenters. The lowest BCUT2D eigenvalue weighted by atomic mass is 9.86. The van der Waals surface area contributed by atoms with Crippen molar-refractivity contribution >= 4 is 11.6 Å². The number of aromatic amines is 2. The van der Waals surface area contributed by atoms with Crippen molar-refractivity contribution in [2.75, 3.05) is 13.2 Å². The van der Waals surface area contributed by atoms with Crippen LogP contribution in [0, 0.1) is 0 Å². The number of aromatic nitrogens is 4. The maximum atomic E-state index is 11.0. The van der Waals surface area contributed by atoms with Gasteiger partial charge in [-0.05, 0) is 30.3 Å². The maximum Gasteiger partial charge on any atom is 0.434 e. The molecule has 2 aromatic carbocycles. The van der Waals surface area contributed by atoms with Gasteiger partial charge >= 0.3 is 11.5 Å². The Morgan fingerprint density at radius 1 is 0.800 bits per heavy atom. The SMILES string of the molecule is CC1(C)COc2c(Cl)cc(-c3n[nH]c(=O)o3)cc21.CC1(C)COc2ccc(-c3n[nH]c(=O)o3)cc21. The van der Waals surface area contributed by atoms with Crippen LogP contribution in [0.3, 0.4) is 0 Å². The second-order valence-electron chi connectivity index (χ2n) is 9.73. The van der Waals surface area contributed by atoms with Crippen molar-refractivity contribution in [2.24, 2.45) is 0 Å². The van der Waals surface area contributed by atoms with Gasteiger partial charge in [0.25, 0.3) is 0 Å². The van der Waals surface area contributed by atoms with Gasteiger partial charge in [0, 0.05) is 33.1 Å². The van der Waals surface area contributed by atoms with E-state index in [-0.39, 0.29) is 16.7 Å².